The largest absolute Gasteiger partial charge is 0.493 e. The van der Waals surface area contributed by atoms with Crippen LogP contribution in [0.3, 0.4) is 0 Å². The van der Waals surface area contributed by atoms with Gasteiger partial charge >= 0.3 is 0 Å². The van der Waals surface area contributed by atoms with E-state index in [2.05, 4.69) is 59.8 Å². The van der Waals surface area contributed by atoms with Crippen LogP contribution in [0.1, 0.15) is 34.5 Å². The summed E-state index contributed by atoms with van der Waals surface area (Å²) < 4.78 is 17.4. The molecule has 0 bridgehead atoms. The Morgan fingerprint density at radius 1 is 0.900 bits per heavy atom. The Hall–Kier alpha value is -3.44. The van der Waals surface area contributed by atoms with Gasteiger partial charge in [0.1, 0.15) is 5.75 Å². The van der Waals surface area contributed by atoms with Crippen molar-refractivity contribution in [2.75, 3.05) is 14.2 Å². The zero-order valence-corrected chi connectivity index (χ0v) is 17.3. The number of hydrogen-bond donors (Lipinski definition) is 1. The molecule has 0 unspecified atom stereocenters. The van der Waals surface area contributed by atoms with Crippen molar-refractivity contribution in [2.45, 2.75) is 19.2 Å². The van der Waals surface area contributed by atoms with Gasteiger partial charge in [-0.15, -0.1) is 0 Å². The molecule has 0 fully saturated rings. The summed E-state index contributed by atoms with van der Waals surface area (Å²) in [4.78, 5) is 0. The molecule has 5 nitrogen and oxygen atoms in total. The van der Waals surface area contributed by atoms with Crippen LogP contribution in [0, 0.1) is 6.92 Å². The van der Waals surface area contributed by atoms with Gasteiger partial charge in [0, 0.05) is 11.1 Å². The monoisotopic (exact) mass is 400 g/mol. The molecule has 0 amide bonds. The lowest BCUT2D eigenvalue weighted by Crippen LogP contribution is -2.43. The van der Waals surface area contributed by atoms with Gasteiger partial charge in [-0.1, -0.05) is 48.0 Å². The average molecular weight is 400 g/mol. The van der Waals surface area contributed by atoms with Gasteiger partial charge in [-0.25, -0.2) is 0 Å². The maximum absolute atomic E-state index is 6.44. The van der Waals surface area contributed by atoms with Crippen molar-refractivity contribution in [3.63, 3.8) is 0 Å². The highest BCUT2D eigenvalue weighted by molar-refractivity contribution is 5.67. The molecule has 5 rings (SSSR count). The molecule has 2 aliphatic rings. The maximum atomic E-state index is 6.44. The summed E-state index contributed by atoms with van der Waals surface area (Å²) in [6.07, 6.45) is 1.95. The first-order valence-corrected chi connectivity index (χ1v) is 9.99. The summed E-state index contributed by atoms with van der Waals surface area (Å²) >= 11 is 0. The van der Waals surface area contributed by atoms with Crippen molar-refractivity contribution in [2.24, 2.45) is 0 Å². The average Bonchev–Trinajstić information content (AvgIpc) is 3.24. The quantitative estimate of drug-likeness (QED) is 0.667. The van der Waals surface area contributed by atoms with E-state index in [9.17, 15) is 0 Å². The van der Waals surface area contributed by atoms with E-state index in [-0.39, 0.29) is 12.3 Å². The second-order valence-corrected chi connectivity index (χ2v) is 7.53. The molecule has 0 aromatic heterocycles. The van der Waals surface area contributed by atoms with Crippen molar-refractivity contribution in [3.8, 4) is 17.2 Å². The van der Waals surface area contributed by atoms with Gasteiger partial charge in [-0.2, -0.15) is 5.01 Å². The van der Waals surface area contributed by atoms with Gasteiger partial charge in [0.05, 0.1) is 26.0 Å². The molecule has 2 atom stereocenters. The van der Waals surface area contributed by atoms with E-state index in [1.54, 1.807) is 14.2 Å². The Labute approximate surface area is 176 Å². The number of nitrogens with zero attached hydrogens (tertiary/aromatic N) is 1. The van der Waals surface area contributed by atoms with E-state index in [0.29, 0.717) is 11.5 Å². The SMILES string of the molecule is COc1ccc([C@@H]2Oc3ccccc3[C@H]3C=C(c4ccc(C)cc4)NN32)cc1OC. The van der Waals surface area contributed by atoms with Crippen LogP contribution < -0.4 is 19.6 Å². The second-order valence-electron chi connectivity index (χ2n) is 7.53. The summed E-state index contributed by atoms with van der Waals surface area (Å²) in [5.41, 5.74) is 9.18. The molecule has 0 saturated carbocycles. The first-order valence-electron chi connectivity index (χ1n) is 9.99. The molecule has 0 aliphatic carbocycles. The van der Waals surface area contributed by atoms with Crippen molar-refractivity contribution in [1.29, 1.82) is 0 Å². The van der Waals surface area contributed by atoms with Crippen LogP contribution in [0.2, 0.25) is 0 Å². The molecule has 2 heterocycles. The van der Waals surface area contributed by atoms with Crippen LogP contribution in [0.4, 0.5) is 0 Å². The lowest BCUT2D eigenvalue weighted by Gasteiger charge is -2.39. The number of fused-ring (bicyclic) bond motifs is 3. The molecular weight excluding hydrogens is 376 g/mol. The zero-order chi connectivity index (χ0) is 20.7. The van der Waals surface area contributed by atoms with Gasteiger partial charge in [-0.05, 0) is 42.8 Å². The van der Waals surface area contributed by atoms with E-state index in [1.807, 2.05) is 30.3 Å². The Bertz CT molecular complexity index is 1110. The molecule has 3 aromatic rings. The molecule has 0 spiro atoms. The summed E-state index contributed by atoms with van der Waals surface area (Å²) in [6.45, 7) is 2.10. The molecule has 1 N–H and O–H groups in total. The molecule has 0 saturated heterocycles. The summed E-state index contributed by atoms with van der Waals surface area (Å²) in [7, 11) is 3.29. The molecule has 2 aliphatic heterocycles. The van der Waals surface area contributed by atoms with Gasteiger partial charge in [-0.3, -0.25) is 0 Å². The normalized spacial score (nSPS) is 19.8. The molecule has 5 heteroatoms. The lowest BCUT2D eigenvalue weighted by atomic mass is 10.0. The number of benzene rings is 3. The van der Waals surface area contributed by atoms with Gasteiger partial charge in [0.25, 0.3) is 0 Å². The molecule has 0 radical (unpaired) electrons. The summed E-state index contributed by atoms with van der Waals surface area (Å²) in [6, 6.07) is 22.7. The number of hydrazine groups is 1. The standard InChI is InChI=1S/C25H24N2O3/c1-16-8-10-17(11-9-16)20-15-21-19-6-4-5-7-22(19)30-25(27(21)26-20)18-12-13-23(28-2)24(14-18)29-3/h4-15,21,25-26H,1-3H3/t21-,25+/m1/s1. The van der Waals surface area contributed by atoms with E-state index in [4.69, 9.17) is 14.2 Å². The second kappa shape index (κ2) is 7.43. The van der Waals surface area contributed by atoms with Crippen molar-refractivity contribution in [3.05, 3.63) is 95.1 Å². The Morgan fingerprint density at radius 2 is 1.67 bits per heavy atom. The first kappa shape index (κ1) is 18.6. The number of nitrogens with one attached hydrogen (secondary N) is 1. The van der Waals surface area contributed by atoms with Gasteiger partial charge < -0.3 is 19.6 Å². The van der Waals surface area contributed by atoms with Gasteiger partial charge in [0.2, 0.25) is 0 Å². The Kier molecular flexibility index (Phi) is 4.60. The minimum atomic E-state index is -0.316. The molecule has 3 aromatic carbocycles. The van der Waals surface area contributed by atoms with Crippen molar-refractivity contribution < 1.29 is 14.2 Å². The van der Waals surface area contributed by atoms with E-state index >= 15 is 0 Å². The number of methoxy groups -OCH3 is 2. The van der Waals surface area contributed by atoms with E-state index < -0.39 is 0 Å². The van der Waals surface area contributed by atoms with E-state index in [0.717, 1.165) is 28.1 Å². The predicted molar refractivity (Wildman–Crippen MR) is 116 cm³/mol. The van der Waals surface area contributed by atoms with Crippen molar-refractivity contribution in [1.82, 2.24) is 10.4 Å². The number of ether oxygens (including phenoxy) is 3. The fraction of sp³-hybridized carbons (Fsp3) is 0.200. The zero-order valence-electron chi connectivity index (χ0n) is 17.3. The fourth-order valence-corrected chi connectivity index (χ4v) is 4.07. The smallest absolute Gasteiger partial charge is 0.196 e. The summed E-state index contributed by atoms with van der Waals surface area (Å²) in [5, 5.41) is 2.15. The van der Waals surface area contributed by atoms with Crippen LogP contribution >= 0.6 is 0 Å². The third-order valence-electron chi connectivity index (χ3n) is 5.66. The molecular formula is C25H24N2O3. The predicted octanol–water partition coefficient (Wildman–Crippen LogP) is 5.01. The first-order chi connectivity index (χ1) is 14.7. The van der Waals surface area contributed by atoms with Crippen LogP contribution in [-0.4, -0.2) is 19.2 Å². The van der Waals surface area contributed by atoms with Crippen LogP contribution in [0.15, 0.2) is 72.8 Å². The highest BCUT2D eigenvalue weighted by atomic mass is 16.5. The lowest BCUT2D eigenvalue weighted by molar-refractivity contribution is -0.0327. The fourth-order valence-electron chi connectivity index (χ4n) is 4.07. The third-order valence-corrected chi connectivity index (χ3v) is 5.66. The van der Waals surface area contributed by atoms with Crippen LogP contribution in [-0.2, 0) is 0 Å². The van der Waals surface area contributed by atoms with Crippen LogP contribution in [0.5, 0.6) is 17.2 Å². The number of para-hydroxylation sites is 1. The number of rotatable bonds is 4. The van der Waals surface area contributed by atoms with Crippen molar-refractivity contribution >= 4 is 5.70 Å². The topological polar surface area (TPSA) is 43.0 Å². The minimum absolute atomic E-state index is 0.0596. The number of hydrogen-bond acceptors (Lipinski definition) is 5. The number of aryl methyl sites for hydroxylation is 1. The summed E-state index contributed by atoms with van der Waals surface area (Å²) in [5.74, 6) is 2.27. The molecule has 152 valence electrons. The molecule has 30 heavy (non-hydrogen) atoms. The van der Waals surface area contributed by atoms with Gasteiger partial charge in [0.15, 0.2) is 17.7 Å². The highest BCUT2D eigenvalue weighted by Gasteiger charge is 2.40. The Balaban J connectivity index is 1.56. The third kappa shape index (κ3) is 3.08. The van der Waals surface area contributed by atoms with Crippen LogP contribution in [0.25, 0.3) is 5.70 Å². The minimum Gasteiger partial charge on any atom is -0.493 e. The Morgan fingerprint density at radius 3 is 2.43 bits per heavy atom. The highest BCUT2D eigenvalue weighted by Crippen LogP contribution is 2.46. The van der Waals surface area contributed by atoms with E-state index in [1.165, 1.54) is 5.56 Å². The maximum Gasteiger partial charge on any atom is 0.196 e.